The maximum absolute atomic E-state index is 12.6. The van der Waals surface area contributed by atoms with Crippen molar-refractivity contribution in [2.75, 3.05) is 11.4 Å². The molecule has 0 amide bonds. The van der Waals surface area contributed by atoms with Crippen LogP contribution in [0.5, 0.6) is 0 Å². The zero-order chi connectivity index (χ0) is 18.0. The van der Waals surface area contributed by atoms with Gasteiger partial charge in [0.25, 0.3) is 0 Å². The van der Waals surface area contributed by atoms with Gasteiger partial charge in [0.1, 0.15) is 5.65 Å². The fraction of sp³-hybridized carbons (Fsp3) is 0.222. The number of pyridine rings is 1. The molecule has 0 saturated carbocycles. The molecule has 0 aliphatic carbocycles. The molecule has 3 rings (SSSR count). The van der Waals surface area contributed by atoms with E-state index in [-0.39, 0.29) is 5.82 Å². The molecule has 0 atom stereocenters. The van der Waals surface area contributed by atoms with Gasteiger partial charge in [0.2, 0.25) is 5.82 Å². The van der Waals surface area contributed by atoms with Crippen molar-refractivity contribution in [2.24, 2.45) is 0 Å². The van der Waals surface area contributed by atoms with Gasteiger partial charge in [-0.25, -0.2) is 4.98 Å². The summed E-state index contributed by atoms with van der Waals surface area (Å²) in [5.41, 5.74) is 1.33. The van der Waals surface area contributed by atoms with E-state index in [4.69, 9.17) is 0 Å². The van der Waals surface area contributed by atoms with Crippen LogP contribution in [0.1, 0.15) is 18.1 Å². The molecule has 7 nitrogen and oxygen atoms in total. The molecule has 0 spiro atoms. The van der Waals surface area contributed by atoms with Crippen LogP contribution in [0.2, 0.25) is 0 Å². The van der Waals surface area contributed by atoms with E-state index in [0.29, 0.717) is 18.7 Å². The predicted molar refractivity (Wildman–Crippen MR) is 96.0 cm³/mol. The molecular formula is C18H18N4O3. The van der Waals surface area contributed by atoms with Crippen molar-refractivity contribution in [3.63, 3.8) is 0 Å². The van der Waals surface area contributed by atoms with Crippen LogP contribution in [0, 0.1) is 17.0 Å². The summed E-state index contributed by atoms with van der Waals surface area (Å²) in [4.78, 5) is 29.6. The van der Waals surface area contributed by atoms with E-state index in [0.717, 1.165) is 11.1 Å². The predicted octanol–water partition coefficient (Wildman–Crippen LogP) is 2.94. The molecule has 2 heterocycles. The molecule has 0 radical (unpaired) electrons. The molecule has 25 heavy (non-hydrogen) atoms. The van der Waals surface area contributed by atoms with Gasteiger partial charge < -0.3 is 4.90 Å². The van der Waals surface area contributed by atoms with Gasteiger partial charge in [0.15, 0.2) is 0 Å². The Kier molecular flexibility index (Phi) is 4.47. The lowest BCUT2D eigenvalue weighted by molar-refractivity contribution is -0.385. The molecule has 2 aromatic heterocycles. The number of fused-ring (bicyclic) bond motifs is 1. The number of rotatable bonds is 5. The SMILES string of the molecule is CCN(Cc1ccccc1C)c1nc2ccccn2c(=O)c1[N+](=O)[O-]. The van der Waals surface area contributed by atoms with Gasteiger partial charge in [-0.15, -0.1) is 0 Å². The Bertz CT molecular complexity index is 997. The average molecular weight is 338 g/mol. The second-order valence-electron chi connectivity index (χ2n) is 5.72. The normalized spacial score (nSPS) is 10.8. The molecule has 3 aromatic rings. The first-order chi connectivity index (χ1) is 12.0. The summed E-state index contributed by atoms with van der Waals surface area (Å²) in [7, 11) is 0. The van der Waals surface area contributed by atoms with Crippen molar-refractivity contribution in [2.45, 2.75) is 20.4 Å². The van der Waals surface area contributed by atoms with Gasteiger partial charge in [-0.05, 0) is 37.1 Å². The van der Waals surface area contributed by atoms with E-state index >= 15 is 0 Å². The highest BCUT2D eigenvalue weighted by Crippen LogP contribution is 2.25. The van der Waals surface area contributed by atoms with Crippen LogP contribution in [0.15, 0.2) is 53.5 Å². The highest BCUT2D eigenvalue weighted by Gasteiger charge is 2.27. The molecule has 0 aliphatic heterocycles. The maximum Gasteiger partial charge on any atom is 0.376 e. The molecule has 0 bridgehead atoms. The third kappa shape index (κ3) is 3.08. The monoisotopic (exact) mass is 338 g/mol. The quantitative estimate of drug-likeness (QED) is 0.528. The maximum atomic E-state index is 12.6. The number of aromatic nitrogens is 2. The number of hydrogen-bond donors (Lipinski definition) is 0. The fourth-order valence-electron chi connectivity index (χ4n) is 2.78. The lowest BCUT2D eigenvalue weighted by Gasteiger charge is -2.22. The topological polar surface area (TPSA) is 80.8 Å². The van der Waals surface area contributed by atoms with Crippen LogP contribution in [0.3, 0.4) is 0 Å². The molecule has 0 aliphatic rings. The zero-order valence-corrected chi connectivity index (χ0v) is 14.0. The van der Waals surface area contributed by atoms with Gasteiger partial charge in [0, 0.05) is 19.3 Å². The van der Waals surface area contributed by atoms with Crippen LogP contribution < -0.4 is 10.5 Å². The lowest BCUT2D eigenvalue weighted by atomic mass is 10.1. The van der Waals surface area contributed by atoms with Gasteiger partial charge >= 0.3 is 11.2 Å². The molecule has 1 aromatic carbocycles. The number of aryl methyl sites for hydroxylation is 1. The van der Waals surface area contributed by atoms with Crippen LogP contribution >= 0.6 is 0 Å². The minimum atomic E-state index is -0.672. The number of nitro groups is 1. The summed E-state index contributed by atoms with van der Waals surface area (Å²) in [6, 6.07) is 12.9. The van der Waals surface area contributed by atoms with E-state index < -0.39 is 16.2 Å². The molecule has 7 heteroatoms. The van der Waals surface area contributed by atoms with E-state index in [1.165, 1.54) is 10.6 Å². The molecule has 0 unspecified atom stereocenters. The first kappa shape index (κ1) is 16.6. The van der Waals surface area contributed by atoms with E-state index in [9.17, 15) is 14.9 Å². The lowest BCUT2D eigenvalue weighted by Crippen LogP contribution is -2.29. The summed E-state index contributed by atoms with van der Waals surface area (Å²) in [5, 5.41) is 11.6. The minimum absolute atomic E-state index is 0.104. The van der Waals surface area contributed by atoms with Crippen LogP contribution in [0.25, 0.3) is 5.65 Å². The Morgan fingerprint density at radius 1 is 1.20 bits per heavy atom. The zero-order valence-electron chi connectivity index (χ0n) is 14.0. The summed E-state index contributed by atoms with van der Waals surface area (Å²) in [5.74, 6) is 0.104. The fourth-order valence-corrected chi connectivity index (χ4v) is 2.78. The van der Waals surface area contributed by atoms with Crippen molar-refractivity contribution in [3.05, 3.63) is 80.3 Å². The minimum Gasteiger partial charge on any atom is -0.347 e. The molecule has 0 fully saturated rings. The smallest absolute Gasteiger partial charge is 0.347 e. The Hall–Kier alpha value is -3.22. The van der Waals surface area contributed by atoms with E-state index in [1.807, 2.05) is 38.1 Å². The van der Waals surface area contributed by atoms with E-state index in [2.05, 4.69) is 4.98 Å². The first-order valence-corrected chi connectivity index (χ1v) is 7.98. The van der Waals surface area contributed by atoms with Gasteiger partial charge in [-0.3, -0.25) is 19.3 Å². The van der Waals surface area contributed by atoms with Crippen molar-refractivity contribution >= 4 is 17.2 Å². The third-order valence-electron chi connectivity index (χ3n) is 4.18. The van der Waals surface area contributed by atoms with Crippen molar-refractivity contribution in [3.8, 4) is 0 Å². The third-order valence-corrected chi connectivity index (χ3v) is 4.18. The summed E-state index contributed by atoms with van der Waals surface area (Å²) in [6.45, 7) is 4.81. The standard InChI is InChI=1S/C18H18N4O3/c1-3-20(12-14-9-5-4-8-13(14)2)17-16(22(24)25)18(23)21-11-7-6-10-15(21)19-17/h4-11H,3,12H2,1-2H3. The van der Waals surface area contributed by atoms with Gasteiger partial charge in [-0.1, -0.05) is 30.3 Å². The summed E-state index contributed by atoms with van der Waals surface area (Å²) >= 11 is 0. The second kappa shape index (κ2) is 6.72. The van der Waals surface area contributed by atoms with Crippen LogP contribution in [-0.4, -0.2) is 20.9 Å². The summed E-state index contributed by atoms with van der Waals surface area (Å²) in [6.07, 6.45) is 1.49. The van der Waals surface area contributed by atoms with Crippen LogP contribution in [0.4, 0.5) is 11.5 Å². The molecule has 0 saturated heterocycles. The summed E-state index contributed by atoms with van der Waals surface area (Å²) < 4.78 is 1.20. The van der Waals surface area contributed by atoms with Crippen LogP contribution in [-0.2, 0) is 6.54 Å². The highest BCUT2D eigenvalue weighted by atomic mass is 16.6. The number of anilines is 1. The average Bonchev–Trinajstić information content (AvgIpc) is 2.60. The van der Waals surface area contributed by atoms with Gasteiger partial charge in [-0.2, -0.15) is 0 Å². The molecular weight excluding hydrogens is 320 g/mol. The molecule has 0 N–H and O–H groups in total. The largest absolute Gasteiger partial charge is 0.376 e. The Balaban J connectivity index is 2.18. The molecule has 128 valence electrons. The van der Waals surface area contributed by atoms with E-state index in [1.54, 1.807) is 23.1 Å². The Morgan fingerprint density at radius 3 is 2.60 bits per heavy atom. The number of nitrogens with zero attached hydrogens (tertiary/aromatic N) is 4. The van der Waals surface area contributed by atoms with Crippen molar-refractivity contribution in [1.82, 2.24) is 9.38 Å². The van der Waals surface area contributed by atoms with Crippen molar-refractivity contribution in [1.29, 1.82) is 0 Å². The second-order valence-corrected chi connectivity index (χ2v) is 5.72. The Morgan fingerprint density at radius 2 is 1.92 bits per heavy atom. The number of hydrogen-bond acceptors (Lipinski definition) is 5. The van der Waals surface area contributed by atoms with Crippen molar-refractivity contribution < 1.29 is 4.92 Å². The van der Waals surface area contributed by atoms with Gasteiger partial charge in [0.05, 0.1) is 4.92 Å². The highest BCUT2D eigenvalue weighted by molar-refractivity contribution is 5.61. The first-order valence-electron chi connectivity index (χ1n) is 7.98. The Labute approximate surface area is 144 Å². The number of benzene rings is 1.